The van der Waals surface area contributed by atoms with Crippen LogP contribution in [-0.4, -0.2) is 40.3 Å². The second-order valence-corrected chi connectivity index (χ2v) is 7.30. The fraction of sp³-hybridized carbons (Fsp3) is 0.650. The van der Waals surface area contributed by atoms with Crippen molar-refractivity contribution in [2.75, 3.05) is 6.54 Å². The molecule has 136 valence electrons. The minimum atomic E-state index is -0.257. The van der Waals surface area contributed by atoms with E-state index in [-0.39, 0.29) is 17.9 Å². The van der Waals surface area contributed by atoms with E-state index in [1.807, 2.05) is 18.3 Å². The highest BCUT2D eigenvalue weighted by Crippen LogP contribution is 2.22. The molecule has 1 aliphatic heterocycles. The van der Waals surface area contributed by atoms with Crippen molar-refractivity contribution in [2.45, 2.75) is 76.3 Å². The number of likely N-dealkylation sites (tertiary alicyclic amines) is 1. The van der Waals surface area contributed by atoms with Crippen molar-refractivity contribution in [1.82, 2.24) is 15.2 Å². The number of aryl methyl sites for hydroxylation is 1. The van der Waals surface area contributed by atoms with Gasteiger partial charge in [0.15, 0.2) is 0 Å². The highest BCUT2D eigenvalue weighted by molar-refractivity contribution is 5.88. The van der Waals surface area contributed by atoms with Gasteiger partial charge in [-0.2, -0.15) is 0 Å². The first-order valence-corrected chi connectivity index (χ1v) is 9.73. The standard InChI is InChI=1S/C20H29N3O2/c24-19(12-4-7-16-8-5-13-21-15-16)23-14-6-11-18(23)20(25)22-17-9-2-1-3-10-17/h5,8,13,15,17-18H,1-4,6-7,9-12,14H2,(H,22,25). The lowest BCUT2D eigenvalue weighted by atomic mass is 9.95. The second-order valence-electron chi connectivity index (χ2n) is 7.30. The quantitative estimate of drug-likeness (QED) is 0.864. The van der Waals surface area contributed by atoms with Crippen LogP contribution in [0, 0.1) is 0 Å². The molecular weight excluding hydrogens is 314 g/mol. The molecule has 1 saturated heterocycles. The Hall–Kier alpha value is -1.91. The van der Waals surface area contributed by atoms with Crippen LogP contribution in [0.15, 0.2) is 24.5 Å². The molecule has 2 fully saturated rings. The van der Waals surface area contributed by atoms with E-state index in [0.29, 0.717) is 19.0 Å². The maximum Gasteiger partial charge on any atom is 0.243 e. The predicted molar refractivity (Wildman–Crippen MR) is 96.9 cm³/mol. The summed E-state index contributed by atoms with van der Waals surface area (Å²) in [6, 6.07) is 4.01. The van der Waals surface area contributed by atoms with Gasteiger partial charge in [0.2, 0.25) is 11.8 Å². The van der Waals surface area contributed by atoms with Crippen molar-refractivity contribution in [2.24, 2.45) is 0 Å². The Bertz CT molecular complexity index is 570. The molecule has 1 N–H and O–H groups in total. The van der Waals surface area contributed by atoms with Gasteiger partial charge in [-0.1, -0.05) is 25.3 Å². The van der Waals surface area contributed by atoms with Crippen LogP contribution < -0.4 is 5.32 Å². The molecule has 0 aromatic carbocycles. The molecule has 1 atom stereocenters. The molecule has 3 rings (SSSR count). The van der Waals surface area contributed by atoms with Gasteiger partial charge in [0.25, 0.3) is 0 Å². The monoisotopic (exact) mass is 343 g/mol. The maximum atomic E-state index is 12.6. The minimum Gasteiger partial charge on any atom is -0.352 e. The Balaban J connectivity index is 1.46. The molecule has 0 bridgehead atoms. The number of carbonyl (C=O) groups excluding carboxylic acids is 2. The average Bonchev–Trinajstić information content (AvgIpc) is 3.13. The van der Waals surface area contributed by atoms with Gasteiger partial charge in [-0.3, -0.25) is 14.6 Å². The van der Waals surface area contributed by atoms with Gasteiger partial charge in [0, 0.05) is 31.4 Å². The average molecular weight is 343 g/mol. The zero-order chi connectivity index (χ0) is 17.5. The van der Waals surface area contributed by atoms with E-state index in [2.05, 4.69) is 10.3 Å². The molecule has 2 amide bonds. The number of nitrogens with one attached hydrogen (secondary N) is 1. The fourth-order valence-corrected chi connectivity index (χ4v) is 4.02. The largest absolute Gasteiger partial charge is 0.352 e. The summed E-state index contributed by atoms with van der Waals surface area (Å²) in [4.78, 5) is 31.1. The Morgan fingerprint density at radius 1 is 1.16 bits per heavy atom. The highest BCUT2D eigenvalue weighted by Gasteiger charge is 2.34. The normalized spacial score (nSPS) is 21.3. The summed E-state index contributed by atoms with van der Waals surface area (Å²) in [5.41, 5.74) is 1.16. The van der Waals surface area contributed by atoms with E-state index < -0.39 is 0 Å². The number of hydrogen-bond donors (Lipinski definition) is 1. The zero-order valence-corrected chi connectivity index (χ0v) is 15.0. The topological polar surface area (TPSA) is 62.3 Å². The lowest BCUT2D eigenvalue weighted by molar-refractivity contribution is -0.138. The molecule has 1 unspecified atom stereocenters. The number of nitrogens with zero attached hydrogens (tertiary/aromatic N) is 2. The van der Waals surface area contributed by atoms with E-state index in [1.165, 1.54) is 19.3 Å². The Kier molecular flexibility index (Phi) is 6.42. The summed E-state index contributed by atoms with van der Waals surface area (Å²) in [7, 11) is 0. The van der Waals surface area contributed by atoms with Crippen LogP contribution in [-0.2, 0) is 16.0 Å². The third kappa shape index (κ3) is 5.03. The molecule has 25 heavy (non-hydrogen) atoms. The van der Waals surface area contributed by atoms with E-state index in [4.69, 9.17) is 0 Å². The molecule has 0 spiro atoms. The zero-order valence-electron chi connectivity index (χ0n) is 15.0. The fourth-order valence-electron chi connectivity index (χ4n) is 4.02. The van der Waals surface area contributed by atoms with E-state index >= 15 is 0 Å². The van der Waals surface area contributed by atoms with Crippen LogP contribution in [0.3, 0.4) is 0 Å². The van der Waals surface area contributed by atoms with Crippen molar-refractivity contribution >= 4 is 11.8 Å². The molecule has 1 aromatic heterocycles. The summed E-state index contributed by atoms with van der Waals surface area (Å²) < 4.78 is 0. The van der Waals surface area contributed by atoms with Gasteiger partial charge in [-0.05, 0) is 50.2 Å². The smallest absolute Gasteiger partial charge is 0.243 e. The Morgan fingerprint density at radius 2 is 2.00 bits per heavy atom. The summed E-state index contributed by atoms with van der Waals surface area (Å²) in [6.45, 7) is 0.717. The number of aromatic nitrogens is 1. The van der Waals surface area contributed by atoms with Crippen molar-refractivity contribution in [1.29, 1.82) is 0 Å². The van der Waals surface area contributed by atoms with Crippen LogP contribution in [0.1, 0.15) is 63.4 Å². The number of pyridine rings is 1. The van der Waals surface area contributed by atoms with Crippen LogP contribution in [0.5, 0.6) is 0 Å². The minimum absolute atomic E-state index is 0.0602. The number of carbonyl (C=O) groups is 2. The third-order valence-corrected chi connectivity index (χ3v) is 5.41. The van der Waals surface area contributed by atoms with Crippen molar-refractivity contribution < 1.29 is 9.59 Å². The van der Waals surface area contributed by atoms with E-state index in [9.17, 15) is 9.59 Å². The lowest BCUT2D eigenvalue weighted by Gasteiger charge is -2.28. The maximum absolute atomic E-state index is 12.6. The highest BCUT2D eigenvalue weighted by atomic mass is 16.2. The number of amides is 2. The van der Waals surface area contributed by atoms with Crippen molar-refractivity contribution in [3.8, 4) is 0 Å². The van der Waals surface area contributed by atoms with Gasteiger partial charge in [-0.15, -0.1) is 0 Å². The molecule has 2 aliphatic rings. The van der Waals surface area contributed by atoms with Crippen LogP contribution >= 0.6 is 0 Å². The van der Waals surface area contributed by atoms with E-state index in [0.717, 1.165) is 44.1 Å². The Morgan fingerprint density at radius 3 is 2.76 bits per heavy atom. The SMILES string of the molecule is O=C(NC1CCCCC1)C1CCCN1C(=O)CCCc1cccnc1. The molecule has 0 radical (unpaired) electrons. The summed E-state index contributed by atoms with van der Waals surface area (Å²) in [5, 5.41) is 3.19. The molecule has 1 saturated carbocycles. The lowest BCUT2D eigenvalue weighted by Crippen LogP contribution is -2.49. The first-order valence-electron chi connectivity index (χ1n) is 9.73. The van der Waals surface area contributed by atoms with Crippen molar-refractivity contribution in [3.63, 3.8) is 0 Å². The van der Waals surface area contributed by atoms with Crippen LogP contribution in [0.25, 0.3) is 0 Å². The molecular formula is C20H29N3O2. The number of rotatable bonds is 6. The molecule has 5 heteroatoms. The first kappa shape index (κ1) is 17.9. The van der Waals surface area contributed by atoms with Gasteiger partial charge < -0.3 is 10.2 Å². The van der Waals surface area contributed by atoms with Gasteiger partial charge >= 0.3 is 0 Å². The number of hydrogen-bond acceptors (Lipinski definition) is 3. The van der Waals surface area contributed by atoms with Crippen LogP contribution in [0.2, 0.25) is 0 Å². The Labute approximate surface area is 150 Å². The molecule has 1 aliphatic carbocycles. The van der Waals surface area contributed by atoms with Gasteiger partial charge in [-0.25, -0.2) is 0 Å². The summed E-state index contributed by atoms with van der Waals surface area (Å²) >= 11 is 0. The first-order chi connectivity index (χ1) is 12.2. The molecule has 5 nitrogen and oxygen atoms in total. The second kappa shape index (κ2) is 8.97. The predicted octanol–water partition coefficient (Wildman–Crippen LogP) is 2.84. The summed E-state index contributed by atoms with van der Waals surface area (Å²) in [6.07, 6.45) is 13.3. The molecule has 2 heterocycles. The van der Waals surface area contributed by atoms with Gasteiger partial charge in [0.05, 0.1) is 0 Å². The van der Waals surface area contributed by atoms with E-state index in [1.54, 1.807) is 11.1 Å². The third-order valence-electron chi connectivity index (χ3n) is 5.41. The summed E-state index contributed by atoms with van der Waals surface area (Å²) in [5.74, 6) is 0.176. The van der Waals surface area contributed by atoms with Crippen LogP contribution in [0.4, 0.5) is 0 Å². The molecule has 1 aromatic rings. The van der Waals surface area contributed by atoms with Gasteiger partial charge in [0.1, 0.15) is 6.04 Å². The van der Waals surface area contributed by atoms with Crippen molar-refractivity contribution in [3.05, 3.63) is 30.1 Å².